The van der Waals surface area contributed by atoms with E-state index in [1.165, 1.54) is 11.1 Å². The molecule has 0 aliphatic rings. The van der Waals surface area contributed by atoms with Crippen LogP contribution in [0.4, 0.5) is 5.69 Å². The molecule has 0 saturated carbocycles. The molecule has 0 atom stereocenters. The third-order valence-electron chi connectivity index (χ3n) is 2.80. The number of carbonyl (C=O) groups is 1. The van der Waals surface area contributed by atoms with Crippen molar-refractivity contribution in [3.05, 3.63) is 46.8 Å². The quantitative estimate of drug-likeness (QED) is 0.832. The van der Waals surface area contributed by atoms with Gasteiger partial charge in [-0.3, -0.25) is 0 Å². The number of anilines is 1. The third kappa shape index (κ3) is 3.23. The number of aliphatic carboxylic acids is 1. The van der Waals surface area contributed by atoms with E-state index in [0.717, 1.165) is 21.5 Å². The van der Waals surface area contributed by atoms with Crippen LogP contribution in [0.5, 0.6) is 0 Å². The molecule has 3 nitrogen and oxygen atoms in total. The average Bonchev–Trinajstić information content (AvgIpc) is 2.84. The standard InChI is InChI=1S/C15H15NO2S/c1-10-9-11(16-2)3-6-13(10)14-7-4-12(19-14)5-8-15(17)18/h3-9,16H,1-2H3,(H,17,18)/b8-5+. The maximum absolute atomic E-state index is 10.5. The van der Waals surface area contributed by atoms with Gasteiger partial charge in [0.25, 0.3) is 0 Å². The summed E-state index contributed by atoms with van der Waals surface area (Å²) in [7, 11) is 1.90. The summed E-state index contributed by atoms with van der Waals surface area (Å²) in [5, 5.41) is 11.7. The molecule has 1 heterocycles. The second-order valence-corrected chi connectivity index (χ2v) is 5.27. The number of carboxylic acids is 1. The number of hydrogen-bond acceptors (Lipinski definition) is 3. The lowest BCUT2D eigenvalue weighted by Crippen LogP contribution is -1.89. The Kier molecular flexibility index (Phi) is 4.02. The largest absolute Gasteiger partial charge is 0.478 e. The second kappa shape index (κ2) is 5.71. The van der Waals surface area contributed by atoms with Gasteiger partial charge in [0.2, 0.25) is 0 Å². The summed E-state index contributed by atoms with van der Waals surface area (Å²) in [6, 6.07) is 10.2. The zero-order chi connectivity index (χ0) is 13.8. The highest BCUT2D eigenvalue weighted by Gasteiger charge is 2.05. The summed E-state index contributed by atoms with van der Waals surface area (Å²) in [4.78, 5) is 12.6. The summed E-state index contributed by atoms with van der Waals surface area (Å²) >= 11 is 1.59. The van der Waals surface area contributed by atoms with Crippen molar-refractivity contribution in [2.45, 2.75) is 6.92 Å². The number of carboxylic acid groups (broad SMARTS) is 1. The fraction of sp³-hybridized carbons (Fsp3) is 0.133. The van der Waals surface area contributed by atoms with Gasteiger partial charge in [-0.25, -0.2) is 4.79 Å². The SMILES string of the molecule is CNc1ccc(-c2ccc(/C=C/C(=O)O)s2)c(C)c1. The number of aryl methyl sites for hydroxylation is 1. The molecular weight excluding hydrogens is 258 g/mol. The minimum atomic E-state index is -0.926. The lowest BCUT2D eigenvalue weighted by atomic mass is 10.1. The second-order valence-electron chi connectivity index (χ2n) is 4.15. The molecule has 2 rings (SSSR count). The van der Waals surface area contributed by atoms with Gasteiger partial charge >= 0.3 is 5.97 Å². The summed E-state index contributed by atoms with van der Waals surface area (Å²) in [6.45, 7) is 2.07. The van der Waals surface area contributed by atoms with Gasteiger partial charge in [0.05, 0.1) is 0 Å². The smallest absolute Gasteiger partial charge is 0.328 e. The van der Waals surface area contributed by atoms with Crippen LogP contribution >= 0.6 is 11.3 Å². The summed E-state index contributed by atoms with van der Waals surface area (Å²) < 4.78 is 0. The molecule has 2 aromatic rings. The predicted octanol–water partition coefficient (Wildman–Crippen LogP) is 3.86. The molecule has 98 valence electrons. The number of benzene rings is 1. The van der Waals surface area contributed by atoms with Crippen molar-refractivity contribution in [1.82, 2.24) is 0 Å². The van der Waals surface area contributed by atoms with Crippen molar-refractivity contribution in [3.8, 4) is 10.4 Å². The van der Waals surface area contributed by atoms with Crippen molar-refractivity contribution in [3.63, 3.8) is 0 Å². The summed E-state index contributed by atoms with van der Waals surface area (Å²) in [5.41, 5.74) is 3.46. The minimum absolute atomic E-state index is 0.926. The van der Waals surface area contributed by atoms with Crippen LogP contribution in [0.15, 0.2) is 36.4 Å². The molecule has 0 saturated heterocycles. The topological polar surface area (TPSA) is 49.3 Å². The highest BCUT2D eigenvalue weighted by molar-refractivity contribution is 7.16. The fourth-order valence-corrected chi connectivity index (χ4v) is 2.84. The van der Waals surface area contributed by atoms with Crippen LogP contribution in [0.2, 0.25) is 0 Å². The van der Waals surface area contributed by atoms with E-state index in [4.69, 9.17) is 5.11 Å². The molecule has 0 aliphatic heterocycles. The van der Waals surface area contributed by atoms with Crippen LogP contribution < -0.4 is 5.32 Å². The van der Waals surface area contributed by atoms with Gasteiger partial charge in [-0.1, -0.05) is 6.07 Å². The van der Waals surface area contributed by atoms with E-state index in [9.17, 15) is 4.79 Å². The zero-order valence-corrected chi connectivity index (χ0v) is 11.6. The van der Waals surface area contributed by atoms with Crippen molar-refractivity contribution in [1.29, 1.82) is 0 Å². The number of nitrogens with one attached hydrogen (secondary N) is 1. The lowest BCUT2D eigenvalue weighted by molar-refractivity contribution is -0.131. The first-order valence-electron chi connectivity index (χ1n) is 5.90. The normalized spacial score (nSPS) is 10.8. The van der Waals surface area contributed by atoms with Crippen LogP contribution in [0, 0.1) is 6.92 Å². The van der Waals surface area contributed by atoms with Gasteiger partial charge in [-0.2, -0.15) is 0 Å². The van der Waals surface area contributed by atoms with Gasteiger partial charge in [0.1, 0.15) is 0 Å². The minimum Gasteiger partial charge on any atom is -0.478 e. The van der Waals surface area contributed by atoms with Gasteiger partial charge in [0, 0.05) is 28.6 Å². The Labute approximate surface area is 116 Å². The van der Waals surface area contributed by atoms with Crippen molar-refractivity contribution >= 4 is 29.1 Å². The maximum Gasteiger partial charge on any atom is 0.328 e. The molecule has 0 unspecified atom stereocenters. The van der Waals surface area contributed by atoms with Crippen molar-refractivity contribution in [2.75, 3.05) is 12.4 Å². The third-order valence-corrected chi connectivity index (χ3v) is 3.88. The van der Waals surface area contributed by atoms with Gasteiger partial charge in [-0.05, 0) is 48.4 Å². The van der Waals surface area contributed by atoms with Crippen LogP contribution in [0.3, 0.4) is 0 Å². The number of thiophene rings is 1. The molecule has 0 bridgehead atoms. The molecule has 0 spiro atoms. The molecule has 0 amide bonds. The number of hydrogen-bond donors (Lipinski definition) is 2. The first kappa shape index (κ1) is 13.4. The van der Waals surface area contributed by atoms with Gasteiger partial charge in [-0.15, -0.1) is 11.3 Å². The van der Waals surface area contributed by atoms with E-state index in [0.29, 0.717) is 0 Å². The zero-order valence-electron chi connectivity index (χ0n) is 10.8. The van der Waals surface area contributed by atoms with Crippen molar-refractivity contribution < 1.29 is 9.90 Å². The highest BCUT2D eigenvalue weighted by Crippen LogP contribution is 2.32. The molecule has 1 aromatic carbocycles. The summed E-state index contributed by atoms with van der Waals surface area (Å²) in [5.74, 6) is -0.926. The maximum atomic E-state index is 10.5. The Morgan fingerprint density at radius 2 is 2.11 bits per heavy atom. The molecule has 0 fully saturated rings. The molecular formula is C15H15NO2S. The molecule has 2 N–H and O–H groups in total. The fourth-order valence-electron chi connectivity index (χ4n) is 1.84. The van der Waals surface area contributed by atoms with Crippen LogP contribution in [-0.2, 0) is 4.79 Å². The van der Waals surface area contributed by atoms with Gasteiger partial charge < -0.3 is 10.4 Å². The Hall–Kier alpha value is -2.07. The van der Waals surface area contributed by atoms with Crippen LogP contribution in [0.25, 0.3) is 16.5 Å². The Morgan fingerprint density at radius 3 is 2.74 bits per heavy atom. The van der Waals surface area contributed by atoms with E-state index in [2.05, 4.69) is 24.4 Å². The van der Waals surface area contributed by atoms with Crippen LogP contribution in [0.1, 0.15) is 10.4 Å². The Bertz CT molecular complexity index is 629. The molecule has 0 aliphatic carbocycles. The van der Waals surface area contributed by atoms with E-state index in [-0.39, 0.29) is 0 Å². The summed E-state index contributed by atoms with van der Waals surface area (Å²) in [6.07, 6.45) is 2.78. The Balaban J connectivity index is 2.30. The monoisotopic (exact) mass is 273 g/mol. The van der Waals surface area contributed by atoms with E-state index < -0.39 is 5.97 Å². The van der Waals surface area contributed by atoms with Gasteiger partial charge in [0.15, 0.2) is 0 Å². The first-order chi connectivity index (χ1) is 9.10. The number of rotatable bonds is 4. The highest BCUT2D eigenvalue weighted by atomic mass is 32.1. The lowest BCUT2D eigenvalue weighted by Gasteiger charge is -2.06. The van der Waals surface area contributed by atoms with Crippen LogP contribution in [-0.4, -0.2) is 18.1 Å². The van der Waals surface area contributed by atoms with E-state index in [1.807, 2.05) is 25.2 Å². The molecule has 19 heavy (non-hydrogen) atoms. The van der Waals surface area contributed by atoms with Crippen molar-refractivity contribution in [2.24, 2.45) is 0 Å². The average molecular weight is 273 g/mol. The predicted molar refractivity (Wildman–Crippen MR) is 80.7 cm³/mol. The first-order valence-corrected chi connectivity index (χ1v) is 6.71. The van der Waals surface area contributed by atoms with E-state index in [1.54, 1.807) is 17.4 Å². The molecule has 4 heteroatoms. The molecule has 1 aromatic heterocycles. The van der Waals surface area contributed by atoms with E-state index >= 15 is 0 Å². The molecule has 0 radical (unpaired) electrons. The Morgan fingerprint density at radius 1 is 1.32 bits per heavy atom.